The van der Waals surface area contributed by atoms with Gasteiger partial charge in [0.2, 0.25) is 11.8 Å². The first-order chi connectivity index (χ1) is 15.1. The molecule has 31 heavy (non-hydrogen) atoms. The molecule has 1 aromatic heterocycles. The molecule has 0 radical (unpaired) electrons. The second-order valence-electron chi connectivity index (χ2n) is 9.03. The third-order valence-electron chi connectivity index (χ3n) is 7.17. The Labute approximate surface area is 182 Å². The first kappa shape index (κ1) is 20.2. The molecule has 2 fully saturated rings. The van der Waals surface area contributed by atoms with E-state index in [1.54, 1.807) is 0 Å². The van der Waals surface area contributed by atoms with E-state index in [-0.39, 0.29) is 23.3 Å². The first-order valence-corrected chi connectivity index (χ1v) is 11.4. The largest absolute Gasteiger partial charge is 0.368 e. The van der Waals surface area contributed by atoms with Crippen molar-refractivity contribution in [2.45, 2.75) is 51.2 Å². The molecule has 7 nitrogen and oxygen atoms in total. The lowest BCUT2D eigenvalue weighted by Gasteiger charge is -2.43. The Morgan fingerprint density at radius 1 is 1.23 bits per heavy atom. The number of hydrogen-bond donors (Lipinski definition) is 1. The van der Waals surface area contributed by atoms with E-state index in [1.807, 2.05) is 16.0 Å². The summed E-state index contributed by atoms with van der Waals surface area (Å²) in [6.45, 7) is 5.22. The van der Waals surface area contributed by atoms with Crippen molar-refractivity contribution in [3.05, 3.63) is 52.8 Å². The Balaban J connectivity index is 1.19. The van der Waals surface area contributed by atoms with Gasteiger partial charge in [-0.15, -0.1) is 0 Å². The molecule has 2 saturated heterocycles. The van der Waals surface area contributed by atoms with Crippen molar-refractivity contribution in [3.8, 4) is 0 Å². The molecule has 0 saturated carbocycles. The molecule has 4 heterocycles. The maximum atomic E-state index is 13.2. The van der Waals surface area contributed by atoms with E-state index in [9.17, 15) is 9.59 Å². The predicted molar refractivity (Wildman–Crippen MR) is 115 cm³/mol. The molecule has 3 aliphatic heterocycles. The molecule has 164 valence electrons. The fraction of sp³-hybridized carbons (Fsp3) is 0.542. The number of aromatic amines is 1. The zero-order valence-electron chi connectivity index (χ0n) is 18.1. The van der Waals surface area contributed by atoms with Gasteiger partial charge in [0.1, 0.15) is 5.60 Å². The summed E-state index contributed by atoms with van der Waals surface area (Å²) in [6, 6.07) is 8.39. The summed E-state index contributed by atoms with van der Waals surface area (Å²) in [5.41, 5.74) is 4.38. The van der Waals surface area contributed by atoms with E-state index in [0.717, 1.165) is 36.9 Å². The highest BCUT2D eigenvalue weighted by Crippen LogP contribution is 2.40. The number of nitrogens with one attached hydrogen (secondary N) is 1. The molecule has 0 aliphatic carbocycles. The smallest absolute Gasteiger partial charge is 0.227 e. The van der Waals surface area contributed by atoms with Crippen molar-refractivity contribution in [1.29, 1.82) is 0 Å². The summed E-state index contributed by atoms with van der Waals surface area (Å²) in [7, 11) is 0. The number of H-pyrrole nitrogens is 1. The summed E-state index contributed by atoms with van der Waals surface area (Å²) in [5.74, 6) is -0.0664. The highest BCUT2D eigenvalue weighted by Gasteiger charge is 2.45. The van der Waals surface area contributed by atoms with Crippen LogP contribution in [0.1, 0.15) is 48.6 Å². The molecular weight excluding hydrogens is 392 g/mol. The summed E-state index contributed by atoms with van der Waals surface area (Å²) >= 11 is 0. The van der Waals surface area contributed by atoms with Crippen LogP contribution in [0.5, 0.6) is 0 Å². The minimum Gasteiger partial charge on any atom is -0.368 e. The minimum absolute atomic E-state index is 0.0733. The molecule has 2 amide bonds. The number of aryl methyl sites for hydroxylation is 1. The number of rotatable bonds is 4. The molecule has 1 N–H and O–H groups in total. The molecule has 1 aromatic carbocycles. The normalized spacial score (nSPS) is 22.7. The second-order valence-corrected chi connectivity index (χ2v) is 9.03. The molecule has 7 heteroatoms. The fourth-order valence-electron chi connectivity index (χ4n) is 5.26. The predicted octanol–water partition coefficient (Wildman–Crippen LogP) is 2.41. The Bertz CT molecular complexity index is 959. The van der Waals surface area contributed by atoms with Gasteiger partial charge in [-0.3, -0.25) is 14.7 Å². The Hall–Kier alpha value is -2.67. The maximum Gasteiger partial charge on any atom is 0.227 e. The monoisotopic (exact) mass is 422 g/mol. The van der Waals surface area contributed by atoms with Crippen LogP contribution in [0.4, 0.5) is 0 Å². The lowest BCUT2D eigenvalue weighted by molar-refractivity contribution is -0.145. The van der Waals surface area contributed by atoms with Crippen LogP contribution in [0.15, 0.2) is 30.5 Å². The number of carbonyl (C=O) groups is 2. The maximum absolute atomic E-state index is 13.2. The van der Waals surface area contributed by atoms with Crippen molar-refractivity contribution >= 4 is 11.8 Å². The standard InChI is InChI=1S/C24H30N4O3/c1-2-17-3-5-18(6-4-17)15-28-16-20(13-21(28)29)23(30)27-10-8-24(9-11-27)22-19(7-12-31-24)14-25-26-22/h3-6,14,20H,2,7-13,15-16H2,1H3,(H,25,26). The van der Waals surface area contributed by atoms with E-state index < -0.39 is 0 Å². The summed E-state index contributed by atoms with van der Waals surface area (Å²) in [6.07, 6.45) is 5.63. The third-order valence-corrected chi connectivity index (χ3v) is 7.17. The summed E-state index contributed by atoms with van der Waals surface area (Å²) in [4.78, 5) is 29.5. The molecule has 1 unspecified atom stereocenters. The van der Waals surface area contributed by atoms with Crippen molar-refractivity contribution in [2.75, 3.05) is 26.2 Å². The van der Waals surface area contributed by atoms with Crippen LogP contribution >= 0.6 is 0 Å². The average molecular weight is 423 g/mol. The Kier molecular flexibility index (Phi) is 5.30. The van der Waals surface area contributed by atoms with Crippen LogP contribution in [0.3, 0.4) is 0 Å². The number of likely N-dealkylation sites (tertiary alicyclic amines) is 2. The van der Waals surface area contributed by atoms with Gasteiger partial charge in [-0.2, -0.15) is 5.10 Å². The number of nitrogens with zero attached hydrogens (tertiary/aromatic N) is 3. The molecule has 5 rings (SSSR count). The van der Waals surface area contributed by atoms with Crippen molar-refractivity contribution in [3.63, 3.8) is 0 Å². The van der Waals surface area contributed by atoms with Crippen LogP contribution in [-0.2, 0) is 39.3 Å². The molecule has 1 atom stereocenters. The summed E-state index contributed by atoms with van der Waals surface area (Å²) in [5, 5.41) is 7.33. The molecular formula is C24H30N4O3. The number of carbonyl (C=O) groups excluding carboxylic acids is 2. The number of hydrogen-bond acceptors (Lipinski definition) is 4. The van der Waals surface area contributed by atoms with Gasteiger partial charge in [0.15, 0.2) is 0 Å². The van der Waals surface area contributed by atoms with Crippen LogP contribution in [-0.4, -0.2) is 58.1 Å². The van der Waals surface area contributed by atoms with Gasteiger partial charge in [0, 0.05) is 32.6 Å². The van der Waals surface area contributed by atoms with E-state index in [4.69, 9.17) is 4.74 Å². The second kappa shape index (κ2) is 8.11. The van der Waals surface area contributed by atoms with Crippen molar-refractivity contribution < 1.29 is 14.3 Å². The first-order valence-electron chi connectivity index (χ1n) is 11.4. The Morgan fingerprint density at radius 3 is 2.71 bits per heavy atom. The van der Waals surface area contributed by atoms with Crippen molar-refractivity contribution in [1.82, 2.24) is 20.0 Å². The van der Waals surface area contributed by atoms with Crippen LogP contribution < -0.4 is 0 Å². The topological polar surface area (TPSA) is 78.5 Å². The van der Waals surface area contributed by atoms with Crippen LogP contribution in [0.25, 0.3) is 0 Å². The van der Waals surface area contributed by atoms with Gasteiger partial charge in [-0.1, -0.05) is 31.2 Å². The SMILES string of the molecule is CCc1ccc(CN2CC(C(=O)N3CCC4(CC3)OCCc3cn[nH]c34)CC2=O)cc1. The molecule has 0 bridgehead atoms. The lowest BCUT2D eigenvalue weighted by Crippen LogP contribution is -2.50. The van der Waals surface area contributed by atoms with E-state index in [0.29, 0.717) is 39.2 Å². The van der Waals surface area contributed by atoms with Crippen LogP contribution in [0.2, 0.25) is 0 Å². The Morgan fingerprint density at radius 2 is 1.97 bits per heavy atom. The van der Waals surface area contributed by atoms with E-state index in [1.165, 1.54) is 11.1 Å². The number of amides is 2. The summed E-state index contributed by atoms with van der Waals surface area (Å²) < 4.78 is 6.19. The van der Waals surface area contributed by atoms with Gasteiger partial charge in [0.25, 0.3) is 0 Å². The zero-order valence-corrected chi connectivity index (χ0v) is 18.1. The van der Waals surface area contributed by atoms with Crippen LogP contribution in [0, 0.1) is 5.92 Å². The number of fused-ring (bicyclic) bond motifs is 2. The minimum atomic E-state index is -0.344. The number of benzene rings is 1. The third kappa shape index (κ3) is 3.76. The average Bonchev–Trinajstić information content (AvgIpc) is 3.42. The number of piperidine rings is 1. The number of aromatic nitrogens is 2. The highest BCUT2D eigenvalue weighted by molar-refractivity contribution is 5.89. The van der Waals surface area contributed by atoms with Gasteiger partial charge in [-0.05, 0) is 42.4 Å². The van der Waals surface area contributed by atoms with E-state index >= 15 is 0 Å². The number of ether oxygens (including phenoxy) is 1. The molecule has 1 spiro atoms. The van der Waals surface area contributed by atoms with E-state index in [2.05, 4.69) is 41.4 Å². The molecule has 3 aliphatic rings. The van der Waals surface area contributed by atoms with Crippen molar-refractivity contribution in [2.24, 2.45) is 5.92 Å². The van der Waals surface area contributed by atoms with Gasteiger partial charge >= 0.3 is 0 Å². The van der Waals surface area contributed by atoms with Gasteiger partial charge < -0.3 is 14.5 Å². The van der Waals surface area contributed by atoms with Gasteiger partial charge in [-0.25, -0.2) is 0 Å². The molecule has 2 aromatic rings. The van der Waals surface area contributed by atoms with Gasteiger partial charge in [0.05, 0.1) is 24.4 Å². The highest BCUT2D eigenvalue weighted by atomic mass is 16.5. The quantitative estimate of drug-likeness (QED) is 0.821. The fourth-order valence-corrected chi connectivity index (χ4v) is 5.26. The zero-order chi connectivity index (χ0) is 21.4. The lowest BCUT2D eigenvalue weighted by atomic mass is 9.83.